The number of nitrogens with zero attached hydrogens (tertiary/aromatic N) is 4. The van der Waals surface area contributed by atoms with E-state index in [1.807, 2.05) is 36.6 Å². The number of morpholine rings is 1. The monoisotopic (exact) mass is 378 g/mol. The number of aryl methyl sites for hydroxylation is 1. The zero-order chi connectivity index (χ0) is 19.4. The first-order chi connectivity index (χ1) is 12.9. The molecule has 3 heterocycles. The van der Waals surface area contributed by atoms with Crippen molar-refractivity contribution < 1.29 is 14.3 Å². The summed E-state index contributed by atoms with van der Waals surface area (Å²) < 4.78 is 7.10. The third-order valence-corrected chi connectivity index (χ3v) is 4.97. The number of nitrogens with one attached hydrogen (secondary N) is 2. The first-order valence-electron chi connectivity index (χ1n) is 9.69. The fourth-order valence-corrected chi connectivity index (χ4v) is 3.51. The summed E-state index contributed by atoms with van der Waals surface area (Å²) >= 11 is 0. The Kier molecular flexibility index (Phi) is 6.20. The van der Waals surface area contributed by atoms with E-state index in [0.717, 1.165) is 18.5 Å². The van der Waals surface area contributed by atoms with Gasteiger partial charge in [0.2, 0.25) is 0 Å². The van der Waals surface area contributed by atoms with Crippen LogP contribution in [0.2, 0.25) is 0 Å². The van der Waals surface area contributed by atoms with E-state index in [1.54, 1.807) is 4.68 Å². The van der Waals surface area contributed by atoms with Gasteiger partial charge in [0.1, 0.15) is 5.82 Å². The Labute approximate surface area is 160 Å². The normalized spacial score (nSPS) is 18.7. The van der Waals surface area contributed by atoms with E-state index in [0.29, 0.717) is 45.2 Å². The molecule has 4 amide bonds. The van der Waals surface area contributed by atoms with Gasteiger partial charge in [-0.25, -0.2) is 14.3 Å². The molecule has 0 spiro atoms. The number of hydrogen-bond acceptors (Lipinski definition) is 4. The quantitative estimate of drug-likeness (QED) is 0.839. The first-order valence-corrected chi connectivity index (χ1v) is 9.69. The molecule has 2 aliphatic rings. The second-order valence-electron chi connectivity index (χ2n) is 7.45. The summed E-state index contributed by atoms with van der Waals surface area (Å²) in [7, 11) is 0. The molecule has 2 N–H and O–H groups in total. The van der Waals surface area contributed by atoms with Crippen molar-refractivity contribution in [3.63, 3.8) is 0 Å². The standard InChI is InChI=1S/C18H30N6O3/c1-13(2)24-16(12-14(3)21-24)20-17(25)19-15-4-6-22(7-5-15)18(26)23-8-10-27-11-9-23/h12-13,15H,4-11H2,1-3H3,(H2,19,20,25). The third-order valence-electron chi connectivity index (χ3n) is 4.97. The van der Waals surface area contributed by atoms with Crippen LogP contribution in [0.5, 0.6) is 0 Å². The average molecular weight is 378 g/mol. The van der Waals surface area contributed by atoms with Crippen LogP contribution >= 0.6 is 0 Å². The maximum Gasteiger partial charge on any atom is 0.320 e. The van der Waals surface area contributed by atoms with Crippen molar-refractivity contribution in [3.05, 3.63) is 11.8 Å². The van der Waals surface area contributed by atoms with E-state index in [-0.39, 0.29) is 24.1 Å². The van der Waals surface area contributed by atoms with Gasteiger partial charge in [0.05, 0.1) is 18.9 Å². The number of amides is 4. The van der Waals surface area contributed by atoms with E-state index in [4.69, 9.17) is 4.74 Å². The molecule has 0 radical (unpaired) electrons. The van der Waals surface area contributed by atoms with E-state index in [1.165, 1.54) is 0 Å². The minimum absolute atomic E-state index is 0.0651. The molecule has 1 aromatic heterocycles. The third kappa shape index (κ3) is 4.91. The number of ether oxygens (including phenoxy) is 1. The maximum atomic E-state index is 12.5. The number of carbonyl (C=O) groups excluding carboxylic acids is 2. The van der Waals surface area contributed by atoms with Crippen LogP contribution in [0.25, 0.3) is 0 Å². The van der Waals surface area contributed by atoms with Crippen LogP contribution in [-0.2, 0) is 4.74 Å². The fraction of sp³-hybridized carbons (Fsp3) is 0.722. The SMILES string of the molecule is Cc1cc(NC(=O)NC2CCN(C(=O)N3CCOCC3)CC2)n(C(C)C)n1. The number of likely N-dealkylation sites (tertiary alicyclic amines) is 1. The molecule has 2 aliphatic heterocycles. The van der Waals surface area contributed by atoms with Gasteiger partial charge in [0.15, 0.2) is 0 Å². The molecule has 9 heteroatoms. The molecule has 0 aliphatic carbocycles. The van der Waals surface area contributed by atoms with Gasteiger partial charge in [0.25, 0.3) is 0 Å². The topological polar surface area (TPSA) is 91.7 Å². The lowest BCUT2D eigenvalue weighted by Gasteiger charge is -2.37. The summed E-state index contributed by atoms with van der Waals surface area (Å²) in [4.78, 5) is 28.6. The zero-order valence-corrected chi connectivity index (χ0v) is 16.4. The van der Waals surface area contributed by atoms with Gasteiger partial charge in [0, 0.05) is 44.3 Å². The molecule has 150 valence electrons. The van der Waals surface area contributed by atoms with Gasteiger partial charge in [-0.05, 0) is 33.6 Å². The number of piperidine rings is 1. The van der Waals surface area contributed by atoms with Crippen LogP contribution in [0.15, 0.2) is 6.07 Å². The van der Waals surface area contributed by atoms with Crippen molar-refractivity contribution in [2.75, 3.05) is 44.7 Å². The predicted molar refractivity (Wildman–Crippen MR) is 102 cm³/mol. The highest BCUT2D eigenvalue weighted by Gasteiger charge is 2.28. The highest BCUT2D eigenvalue weighted by Crippen LogP contribution is 2.17. The molecule has 2 saturated heterocycles. The average Bonchev–Trinajstić information content (AvgIpc) is 3.03. The van der Waals surface area contributed by atoms with Crippen LogP contribution in [0, 0.1) is 6.92 Å². The van der Waals surface area contributed by atoms with Crippen molar-refractivity contribution in [3.8, 4) is 0 Å². The van der Waals surface area contributed by atoms with Crippen molar-refractivity contribution in [2.24, 2.45) is 0 Å². The Balaban J connectivity index is 1.46. The minimum atomic E-state index is -0.227. The number of anilines is 1. The summed E-state index contributed by atoms with van der Waals surface area (Å²) in [5.41, 5.74) is 0.869. The molecular weight excluding hydrogens is 348 g/mol. The molecule has 27 heavy (non-hydrogen) atoms. The minimum Gasteiger partial charge on any atom is -0.378 e. The van der Waals surface area contributed by atoms with Crippen molar-refractivity contribution in [1.29, 1.82) is 0 Å². The highest BCUT2D eigenvalue weighted by molar-refractivity contribution is 5.88. The maximum absolute atomic E-state index is 12.5. The number of urea groups is 2. The van der Waals surface area contributed by atoms with Crippen LogP contribution in [0.3, 0.4) is 0 Å². The lowest BCUT2D eigenvalue weighted by atomic mass is 10.1. The molecule has 0 bridgehead atoms. The summed E-state index contributed by atoms with van der Waals surface area (Å²) in [6.07, 6.45) is 1.51. The molecule has 3 rings (SSSR count). The Hall–Kier alpha value is -2.29. The van der Waals surface area contributed by atoms with E-state index in [9.17, 15) is 9.59 Å². The lowest BCUT2D eigenvalue weighted by Crippen LogP contribution is -2.53. The van der Waals surface area contributed by atoms with Gasteiger partial charge in [-0.2, -0.15) is 5.10 Å². The van der Waals surface area contributed by atoms with E-state index >= 15 is 0 Å². The second-order valence-corrected chi connectivity index (χ2v) is 7.45. The second kappa shape index (κ2) is 8.60. The summed E-state index contributed by atoms with van der Waals surface area (Å²) in [6, 6.07) is 1.95. The van der Waals surface area contributed by atoms with Gasteiger partial charge in [-0.1, -0.05) is 0 Å². The van der Waals surface area contributed by atoms with Crippen molar-refractivity contribution in [1.82, 2.24) is 24.9 Å². The Morgan fingerprint density at radius 2 is 1.78 bits per heavy atom. The number of hydrogen-bond donors (Lipinski definition) is 2. The largest absolute Gasteiger partial charge is 0.378 e. The molecule has 0 atom stereocenters. The Morgan fingerprint density at radius 3 is 2.41 bits per heavy atom. The summed E-state index contributed by atoms with van der Waals surface area (Å²) in [5.74, 6) is 0.694. The van der Waals surface area contributed by atoms with Gasteiger partial charge < -0.3 is 19.9 Å². The smallest absolute Gasteiger partial charge is 0.320 e. The molecular formula is C18H30N6O3. The Bertz CT molecular complexity index is 660. The molecule has 0 aromatic carbocycles. The van der Waals surface area contributed by atoms with Crippen LogP contribution in [-0.4, -0.2) is 77.1 Å². The molecule has 1 aromatic rings. The van der Waals surface area contributed by atoms with Crippen molar-refractivity contribution in [2.45, 2.75) is 45.7 Å². The lowest BCUT2D eigenvalue weighted by molar-refractivity contribution is 0.0409. The van der Waals surface area contributed by atoms with Gasteiger partial charge in [-0.15, -0.1) is 0 Å². The Morgan fingerprint density at radius 1 is 1.15 bits per heavy atom. The van der Waals surface area contributed by atoms with Crippen LogP contribution in [0.4, 0.5) is 15.4 Å². The molecule has 0 unspecified atom stereocenters. The van der Waals surface area contributed by atoms with Crippen LogP contribution < -0.4 is 10.6 Å². The van der Waals surface area contributed by atoms with Gasteiger partial charge in [-0.3, -0.25) is 5.32 Å². The number of aromatic nitrogens is 2. The van der Waals surface area contributed by atoms with E-state index < -0.39 is 0 Å². The number of carbonyl (C=O) groups is 2. The summed E-state index contributed by atoms with van der Waals surface area (Å²) in [6.45, 7) is 9.79. The first kappa shape index (κ1) is 19.5. The molecule has 0 saturated carbocycles. The zero-order valence-electron chi connectivity index (χ0n) is 16.4. The van der Waals surface area contributed by atoms with Gasteiger partial charge >= 0.3 is 12.1 Å². The highest BCUT2D eigenvalue weighted by atomic mass is 16.5. The van der Waals surface area contributed by atoms with Crippen molar-refractivity contribution >= 4 is 17.9 Å². The fourth-order valence-electron chi connectivity index (χ4n) is 3.51. The summed E-state index contributed by atoms with van der Waals surface area (Å²) in [5, 5.41) is 10.3. The molecule has 9 nitrogen and oxygen atoms in total. The number of rotatable bonds is 3. The molecule has 2 fully saturated rings. The predicted octanol–water partition coefficient (Wildman–Crippen LogP) is 1.81. The van der Waals surface area contributed by atoms with E-state index in [2.05, 4.69) is 15.7 Å². The van der Waals surface area contributed by atoms with Crippen LogP contribution in [0.1, 0.15) is 38.4 Å².